The van der Waals surface area contributed by atoms with Crippen molar-refractivity contribution in [3.8, 4) is 11.3 Å². The third-order valence-corrected chi connectivity index (χ3v) is 6.44. The summed E-state index contributed by atoms with van der Waals surface area (Å²) in [6.07, 6.45) is 1.60. The zero-order valence-corrected chi connectivity index (χ0v) is 17.8. The van der Waals surface area contributed by atoms with Gasteiger partial charge in [-0.1, -0.05) is 30.3 Å². The number of carbonyl (C=O) groups is 1. The van der Waals surface area contributed by atoms with Gasteiger partial charge in [0.1, 0.15) is 10.9 Å². The van der Waals surface area contributed by atoms with E-state index in [1.54, 1.807) is 33.9 Å². The molecule has 1 aromatic carbocycles. The quantitative estimate of drug-likeness (QED) is 0.407. The summed E-state index contributed by atoms with van der Waals surface area (Å²) in [6, 6.07) is 9.47. The Hall–Kier alpha value is -2.54. The first-order valence-corrected chi connectivity index (χ1v) is 11.0. The minimum absolute atomic E-state index is 0.0856. The van der Waals surface area contributed by atoms with Crippen LogP contribution in [0.1, 0.15) is 36.8 Å². The summed E-state index contributed by atoms with van der Waals surface area (Å²) in [6.45, 7) is 7.28. The first-order valence-electron chi connectivity index (χ1n) is 9.47. The van der Waals surface area contributed by atoms with Gasteiger partial charge in [0.2, 0.25) is 0 Å². The van der Waals surface area contributed by atoms with Crippen molar-refractivity contribution in [2.45, 2.75) is 27.7 Å². The Bertz CT molecular complexity index is 1050. The van der Waals surface area contributed by atoms with Crippen LogP contribution in [0.4, 0.5) is 0 Å². The molecule has 0 aliphatic heterocycles. The fourth-order valence-electron chi connectivity index (χ4n) is 3.11. The highest BCUT2D eigenvalue weighted by molar-refractivity contribution is 7.63. The minimum Gasteiger partial charge on any atom is -0.462 e. The van der Waals surface area contributed by atoms with Crippen LogP contribution in [-0.4, -0.2) is 40.4 Å². The first-order chi connectivity index (χ1) is 14.0. The number of aryl methyl sites for hydroxylation is 1. The van der Waals surface area contributed by atoms with Gasteiger partial charge in [-0.2, -0.15) is 5.10 Å². The number of nitrogens with zero attached hydrogens (tertiary/aromatic N) is 3. The molecule has 0 N–H and O–H groups in total. The van der Waals surface area contributed by atoms with Gasteiger partial charge in [0.05, 0.1) is 37.4 Å². The zero-order chi connectivity index (χ0) is 21.0. The second-order valence-electron chi connectivity index (χ2n) is 6.11. The molecule has 0 aliphatic carbocycles. The van der Waals surface area contributed by atoms with E-state index in [0.29, 0.717) is 11.4 Å². The summed E-state index contributed by atoms with van der Waals surface area (Å²) in [5.41, 5.74) is 2.24. The Morgan fingerprint density at radius 3 is 2.31 bits per heavy atom. The third kappa shape index (κ3) is 3.96. The van der Waals surface area contributed by atoms with Gasteiger partial charge in [0.15, 0.2) is 5.65 Å². The molecule has 0 saturated carbocycles. The number of benzene rings is 1. The van der Waals surface area contributed by atoms with Crippen LogP contribution in [0.3, 0.4) is 0 Å². The molecule has 8 nitrogen and oxygen atoms in total. The lowest BCUT2D eigenvalue weighted by Crippen LogP contribution is -2.20. The maximum absolute atomic E-state index is 13.7. The summed E-state index contributed by atoms with van der Waals surface area (Å²) < 4.78 is 31.4. The van der Waals surface area contributed by atoms with Crippen LogP contribution < -0.4 is 5.30 Å². The van der Waals surface area contributed by atoms with E-state index >= 15 is 0 Å². The van der Waals surface area contributed by atoms with Gasteiger partial charge < -0.3 is 13.8 Å². The lowest BCUT2D eigenvalue weighted by Gasteiger charge is -2.17. The largest absolute Gasteiger partial charge is 0.462 e. The molecule has 2 heterocycles. The van der Waals surface area contributed by atoms with E-state index in [9.17, 15) is 9.36 Å². The Morgan fingerprint density at radius 2 is 1.72 bits per heavy atom. The van der Waals surface area contributed by atoms with Crippen molar-refractivity contribution in [2.24, 2.45) is 0 Å². The summed E-state index contributed by atoms with van der Waals surface area (Å²) in [4.78, 5) is 17.4. The van der Waals surface area contributed by atoms with E-state index in [1.807, 2.05) is 30.3 Å². The molecule has 0 amide bonds. The van der Waals surface area contributed by atoms with Crippen molar-refractivity contribution in [2.75, 3.05) is 19.8 Å². The van der Waals surface area contributed by atoms with Gasteiger partial charge in [0.25, 0.3) is 0 Å². The van der Waals surface area contributed by atoms with Crippen LogP contribution >= 0.6 is 7.60 Å². The van der Waals surface area contributed by atoms with Gasteiger partial charge in [-0.15, -0.1) is 0 Å². The van der Waals surface area contributed by atoms with E-state index in [2.05, 4.69) is 10.1 Å². The van der Waals surface area contributed by atoms with Crippen LogP contribution in [0, 0.1) is 6.92 Å². The van der Waals surface area contributed by atoms with Crippen LogP contribution in [0.25, 0.3) is 16.9 Å². The van der Waals surface area contributed by atoms with E-state index < -0.39 is 13.6 Å². The van der Waals surface area contributed by atoms with E-state index in [4.69, 9.17) is 13.8 Å². The van der Waals surface area contributed by atoms with Gasteiger partial charge in [0, 0.05) is 5.56 Å². The zero-order valence-electron chi connectivity index (χ0n) is 16.9. The van der Waals surface area contributed by atoms with Crippen molar-refractivity contribution < 1.29 is 23.1 Å². The third-order valence-electron chi connectivity index (χ3n) is 4.27. The summed E-state index contributed by atoms with van der Waals surface area (Å²) in [7, 11) is -3.85. The van der Waals surface area contributed by atoms with Crippen LogP contribution in [-0.2, 0) is 18.3 Å². The predicted molar refractivity (Wildman–Crippen MR) is 110 cm³/mol. The number of esters is 1. The van der Waals surface area contributed by atoms with Crippen molar-refractivity contribution in [3.63, 3.8) is 0 Å². The van der Waals surface area contributed by atoms with E-state index in [-0.39, 0.29) is 36.3 Å². The van der Waals surface area contributed by atoms with Gasteiger partial charge in [-0.05, 0) is 27.7 Å². The lowest BCUT2D eigenvalue weighted by atomic mass is 10.2. The van der Waals surface area contributed by atoms with Crippen molar-refractivity contribution in [1.29, 1.82) is 0 Å². The molecule has 154 valence electrons. The fraction of sp³-hybridized carbons (Fsp3) is 0.350. The molecule has 0 unspecified atom stereocenters. The molecule has 3 aromatic rings. The van der Waals surface area contributed by atoms with Gasteiger partial charge >= 0.3 is 13.6 Å². The Kier molecular flexibility index (Phi) is 6.47. The summed E-state index contributed by atoms with van der Waals surface area (Å²) in [5.74, 6) is -0.617. The van der Waals surface area contributed by atoms with Crippen molar-refractivity contribution in [3.05, 3.63) is 47.8 Å². The average molecular weight is 417 g/mol. The second-order valence-corrected chi connectivity index (χ2v) is 8.06. The van der Waals surface area contributed by atoms with E-state index in [0.717, 1.165) is 5.56 Å². The molecule has 29 heavy (non-hydrogen) atoms. The molecule has 0 fully saturated rings. The molecule has 3 rings (SSSR count). The molecule has 0 atom stereocenters. The molecule has 0 saturated heterocycles. The van der Waals surface area contributed by atoms with E-state index in [1.165, 1.54) is 4.52 Å². The van der Waals surface area contributed by atoms with Gasteiger partial charge in [-0.25, -0.2) is 14.3 Å². The highest BCUT2D eigenvalue weighted by Crippen LogP contribution is 2.49. The molecule has 0 radical (unpaired) electrons. The molecule has 2 aromatic heterocycles. The number of hydrogen-bond acceptors (Lipinski definition) is 7. The molecule has 0 aliphatic rings. The lowest BCUT2D eigenvalue weighted by molar-refractivity contribution is 0.0526. The smallest absolute Gasteiger partial charge is 0.366 e. The Balaban J connectivity index is 2.35. The topological polar surface area (TPSA) is 92.0 Å². The summed E-state index contributed by atoms with van der Waals surface area (Å²) in [5, 5.41) is 4.51. The van der Waals surface area contributed by atoms with Crippen molar-refractivity contribution in [1.82, 2.24) is 14.6 Å². The number of aromatic nitrogens is 3. The number of hydrogen-bond donors (Lipinski definition) is 0. The molecule has 0 bridgehead atoms. The second kappa shape index (κ2) is 8.86. The van der Waals surface area contributed by atoms with Crippen LogP contribution in [0.2, 0.25) is 0 Å². The summed E-state index contributed by atoms with van der Waals surface area (Å²) >= 11 is 0. The number of carbonyl (C=O) groups excluding carboxylic acids is 1. The Morgan fingerprint density at radius 1 is 1.07 bits per heavy atom. The monoisotopic (exact) mass is 417 g/mol. The van der Waals surface area contributed by atoms with Crippen LogP contribution in [0.5, 0.6) is 0 Å². The highest BCUT2D eigenvalue weighted by Gasteiger charge is 2.39. The molecule has 9 heteroatoms. The fourth-order valence-corrected chi connectivity index (χ4v) is 5.04. The number of ether oxygens (including phenoxy) is 1. The minimum atomic E-state index is -3.85. The number of fused-ring (bicyclic) bond motifs is 1. The maximum Gasteiger partial charge on any atom is 0.366 e. The molecular weight excluding hydrogens is 393 g/mol. The average Bonchev–Trinajstić information content (AvgIpc) is 3.02. The normalized spacial score (nSPS) is 11.7. The van der Waals surface area contributed by atoms with Gasteiger partial charge in [-0.3, -0.25) is 4.57 Å². The van der Waals surface area contributed by atoms with Crippen LogP contribution in [0.15, 0.2) is 36.5 Å². The highest BCUT2D eigenvalue weighted by atomic mass is 31.2. The SMILES string of the molecule is CCOC(=O)c1c(P(=O)(OCC)OCC)c2nc(-c3ccccc3)cnn2c1C. The maximum atomic E-state index is 13.7. The first kappa shape index (κ1) is 21.2. The predicted octanol–water partition coefficient (Wildman–Crippen LogP) is 3.77. The number of rotatable bonds is 8. The standard InChI is InChI=1S/C20H24N3O5P/c1-5-26-20(24)17-14(4)23-19(18(17)29(25,27-6-2)28-7-3)22-16(13-21-23)15-11-9-8-10-12-15/h8-13H,5-7H2,1-4H3. The Labute approximate surface area is 169 Å². The van der Waals surface area contributed by atoms with Crippen molar-refractivity contribution >= 4 is 24.5 Å². The molecular formula is C20H24N3O5P. The molecule has 0 spiro atoms.